The standard InChI is InChI=1S/C24H26N2O/c1-4-26-23-12-10-18(16-25-17(2)19-8-6-5-7-9-19)14-21(23)22-15-20(27-3)11-13-24(22)26/h5-15,17,25H,4,16H2,1-3H3. The van der Waals surface area contributed by atoms with Crippen LogP contribution in [-0.4, -0.2) is 11.7 Å². The van der Waals surface area contributed by atoms with Gasteiger partial charge in [-0.05, 0) is 55.3 Å². The molecule has 4 rings (SSSR count). The average molecular weight is 358 g/mol. The van der Waals surface area contributed by atoms with Gasteiger partial charge in [-0.15, -0.1) is 0 Å². The van der Waals surface area contributed by atoms with Crippen molar-refractivity contribution in [1.82, 2.24) is 9.88 Å². The molecule has 1 aromatic heterocycles. The van der Waals surface area contributed by atoms with E-state index < -0.39 is 0 Å². The molecule has 1 atom stereocenters. The Morgan fingerprint density at radius 2 is 1.63 bits per heavy atom. The lowest BCUT2D eigenvalue weighted by molar-refractivity contribution is 0.415. The lowest BCUT2D eigenvalue weighted by Crippen LogP contribution is -2.17. The van der Waals surface area contributed by atoms with Crippen LogP contribution in [-0.2, 0) is 13.1 Å². The molecule has 138 valence electrons. The first-order valence-electron chi connectivity index (χ1n) is 9.58. The summed E-state index contributed by atoms with van der Waals surface area (Å²) in [6.07, 6.45) is 0. The maximum absolute atomic E-state index is 5.45. The van der Waals surface area contributed by atoms with E-state index in [0.717, 1.165) is 18.8 Å². The Hall–Kier alpha value is -2.78. The molecule has 3 aromatic carbocycles. The minimum absolute atomic E-state index is 0.318. The lowest BCUT2D eigenvalue weighted by Gasteiger charge is -2.14. The van der Waals surface area contributed by atoms with Crippen molar-refractivity contribution in [3.63, 3.8) is 0 Å². The smallest absolute Gasteiger partial charge is 0.119 e. The SMILES string of the molecule is CCn1c2ccc(CNC(C)c3ccccc3)cc2c2cc(OC)ccc21. The molecule has 0 saturated carbocycles. The third-order valence-corrected chi connectivity index (χ3v) is 5.36. The molecule has 1 heterocycles. The van der Waals surface area contributed by atoms with E-state index in [-0.39, 0.29) is 0 Å². The van der Waals surface area contributed by atoms with Crippen molar-refractivity contribution in [2.75, 3.05) is 7.11 Å². The van der Waals surface area contributed by atoms with Crippen LogP contribution >= 0.6 is 0 Å². The summed E-state index contributed by atoms with van der Waals surface area (Å²) < 4.78 is 7.82. The van der Waals surface area contributed by atoms with Gasteiger partial charge in [0, 0.05) is 40.9 Å². The van der Waals surface area contributed by atoms with E-state index in [9.17, 15) is 0 Å². The van der Waals surface area contributed by atoms with E-state index in [0.29, 0.717) is 6.04 Å². The van der Waals surface area contributed by atoms with Crippen LogP contribution in [0.15, 0.2) is 66.7 Å². The van der Waals surface area contributed by atoms with Crippen LogP contribution in [0, 0.1) is 0 Å². The second-order valence-electron chi connectivity index (χ2n) is 6.99. The zero-order valence-electron chi connectivity index (χ0n) is 16.2. The van der Waals surface area contributed by atoms with Crippen LogP contribution in [0.25, 0.3) is 21.8 Å². The molecule has 0 aliphatic carbocycles. The second kappa shape index (κ2) is 7.45. The predicted octanol–water partition coefficient (Wildman–Crippen LogP) is 5.67. The highest BCUT2D eigenvalue weighted by Gasteiger charge is 2.12. The van der Waals surface area contributed by atoms with Crippen molar-refractivity contribution in [2.24, 2.45) is 0 Å². The Kier molecular flexibility index (Phi) is 4.87. The number of fused-ring (bicyclic) bond motifs is 3. The van der Waals surface area contributed by atoms with Gasteiger partial charge in [0.15, 0.2) is 0 Å². The number of hydrogen-bond acceptors (Lipinski definition) is 2. The third kappa shape index (κ3) is 3.31. The summed E-state index contributed by atoms with van der Waals surface area (Å²) in [7, 11) is 1.72. The van der Waals surface area contributed by atoms with Crippen molar-refractivity contribution in [2.45, 2.75) is 33.0 Å². The molecule has 0 aliphatic rings. The van der Waals surface area contributed by atoms with Gasteiger partial charge in [-0.3, -0.25) is 0 Å². The van der Waals surface area contributed by atoms with E-state index in [2.05, 4.69) is 84.4 Å². The van der Waals surface area contributed by atoms with Gasteiger partial charge in [-0.2, -0.15) is 0 Å². The molecule has 0 radical (unpaired) electrons. The number of hydrogen-bond donors (Lipinski definition) is 1. The second-order valence-corrected chi connectivity index (χ2v) is 6.99. The number of ether oxygens (including phenoxy) is 1. The van der Waals surface area contributed by atoms with Crippen LogP contribution in [0.1, 0.15) is 31.0 Å². The van der Waals surface area contributed by atoms with E-state index >= 15 is 0 Å². The number of rotatable bonds is 6. The highest BCUT2D eigenvalue weighted by molar-refractivity contribution is 6.08. The Morgan fingerprint density at radius 1 is 0.926 bits per heavy atom. The fourth-order valence-electron chi connectivity index (χ4n) is 3.84. The molecule has 4 aromatic rings. The number of aromatic nitrogens is 1. The molecule has 0 aliphatic heterocycles. The highest BCUT2D eigenvalue weighted by atomic mass is 16.5. The zero-order chi connectivity index (χ0) is 18.8. The van der Waals surface area contributed by atoms with E-state index in [1.807, 2.05) is 6.07 Å². The molecular weight excluding hydrogens is 332 g/mol. The summed E-state index contributed by atoms with van der Waals surface area (Å²) in [5, 5.41) is 6.18. The topological polar surface area (TPSA) is 26.2 Å². The minimum atomic E-state index is 0.318. The minimum Gasteiger partial charge on any atom is -0.497 e. The molecule has 0 spiro atoms. The van der Waals surface area contributed by atoms with Crippen molar-refractivity contribution in [3.8, 4) is 5.75 Å². The molecule has 27 heavy (non-hydrogen) atoms. The first-order valence-corrected chi connectivity index (χ1v) is 9.58. The number of aryl methyl sites for hydroxylation is 1. The molecule has 1 N–H and O–H groups in total. The quantitative estimate of drug-likeness (QED) is 0.480. The van der Waals surface area contributed by atoms with Gasteiger partial charge in [0.1, 0.15) is 5.75 Å². The molecule has 3 nitrogen and oxygen atoms in total. The molecule has 0 amide bonds. The monoisotopic (exact) mass is 358 g/mol. The Morgan fingerprint density at radius 3 is 2.33 bits per heavy atom. The Bertz CT molecular complexity index is 1070. The van der Waals surface area contributed by atoms with Crippen LogP contribution in [0.3, 0.4) is 0 Å². The predicted molar refractivity (Wildman–Crippen MR) is 113 cm³/mol. The molecule has 0 saturated heterocycles. The fraction of sp³-hybridized carbons (Fsp3) is 0.250. The van der Waals surface area contributed by atoms with Gasteiger partial charge < -0.3 is 14.6 Å². The average Bonchev–Trinajstić information content (AvgIpc) is 3.04. The maximum atomic E-state index is 5.45. The summed E-state index contributed by atoms with van der Waals surface area (Å²) in [6, 6.07) is 24.0. The van der Waals surface area contributed by atoms with Gasteiger partial charge in [-0.25, -0.2) is 0 Å². The fourth-order valence-corrected chi connectivity index (χ4v) is 3.84. The first-order chi connectivity index (χ1) is 13.2. The van der Waals surface area contributed by atoms with Crippen molar-refractivity contribution in [1.29, 1.82) is 0 Å². The highest BCUT2D eigenvalue weighted by Crippen LogP contribution is 2.32. The van der Waals surface area contributed by atoms with Crippen molar-refractivity contribution in [3.05, 3.63) is 77.9 Å². The van der Waals surface area contributed by atoms with E-state index in [4.69, 9.17) is 4.74 Å². The van der Waals surface area contributed by atoms with Crippen LogP contribution in [0.4, 0.5) is 0 Å². The van der Waals surface area contributed by atoms with Gasteiger partial charge >= 0.3 is 0 Å². The summed E-state index contributed by atoms with van der Waals surface area (Å²) in [5.74, 6) is 0.902. The summed E-state index contributed by atoms with van der Waals surface area (Å²) in [5.41, 5.74) is 5.14. The summed E-state index contributed by atoms with van der Waals surface area (Å²) >= 11 is 0. The zero-order valence-corrected chi connectivity index (χ0v) is 16.2. The van der Waals surface area contributed by atoms with E-state index in [1.54, 1.807) is 7.11 Å². The largest absolute Gasteiger partial charge is 0.497 e. The number of nitrogens with one attached hydrogen (secondary N) is 1. The maximum Gasteiger partial charge on any atom is 0.119 e. The van der Waals surface area contributed by atoms with Crippen LogP contribution in [0.2, 0.25) is 0 Å². The van der Waals surface area contributed by atoms with Gasteiger partial charge in [0.05, 0.1) is 7.11 Å². The van der Waals surface area contributed by atoms with Crippen LogP contribution < -0.4 is 10.1 Å². The lowest BCUT2D eigenvalue weighted by atomic mass is 10.1. The third-order valence-electron chi connectivity index (χ3n) is 5.36. The number of nitrogens with zero attached hydrogens (tertiary/aromatic N) is 1. The van der Waals surface area contributed by atoms with Gasteiger partial charge in [0.25, 0.3) is 0 Å². The van der Waals surface area contributed by atoms with Crippen molar-refractivity contribution >= 4 is 21.8 Å². The Labute approximate surface area is 160 Å². The summed E-state index contributed by atoms with van der Waals surface area (Å²) in [6.45, 7) is 6.20. The Balaban J connectivity index is 1.68. The first kappa shape index (κ1) is 17.6. The number of methoxy groups -OCH3 is 1. The molecule has 0 bridgehead atoms. The molecule has 3 heteroatoms. The number of benzene rings is 3. The molecule has 0 fully saturated rings. The van der Waals surface area contributed by atoms with Gasteiger partial charge in [0.2, 0.25) is 0 Å². The summed E-state index contributed by atoms with van der Waals surface area (Å²) in [4.78, 5) is 0. The van der Waals surface area contributed by atoms with Crippen molar-refractivity contribution < 1.29 is 4.74 Å². The van der Waals surface area contributed by atoms with Gasteiger partial charge in [-0.1, -0.05) is 36.4 Å². The molecule has 1 unspecified atom stereocenters. The van der Waals surface area contributed by atoms with E-state index in [1.165, 1.54) is 32.9 Å². The normalized spacial score (nSPS) is 12.6. The molecular formula is C24H26N2O. The van der Waals surface area contributed by atoms with Crippen LogP contribution in [0.5, 0.6) is 5.75 Å².